The average Bonchev–Trinajstić information content (AvgIpc) is 2.71. The molecule has 15 heavy (non-hydrogen) atoms. The molecule has 0 bridgehead atoms. The molecule has 0 spiro atoms. The molecule has 0 amide bonds. The van der Waals surface area contributed by atoms with Gasteiger partial charge in [0.25, 0.3) is 0 Å². The van der Waals surface area contributed by atoms with Crippen molar-refractivity contribution in [2.24, 2.45) is 5.92 Å². The summed E-state index contributed by atoms with van der Waals surface area (Å²) in [5.41, 5.74) is 1.05. The van der Waals surface area contributed by atoms with Crippen molar-refractivity contribution in [3.8, 4) is 0 Å². The van der Waals surface area contributed by atoms with E-state index < -0.39 is 0 Å². The molecule has 0 aliphatic carbocycles. The van der Waals surface area contributed by atoms with Crippen molar-refractivity contribution in [3.05, 3.63) is 11.1 Å². The van der Waals surface area contributed by atoms with Crippen LogP contribution in [0.4, 0.5) is 0 Å². The highest BCUT2D eigenvalue weighted by Gasteiger charge is 2.23. The zero-order chi connectivity index (χ0) is 10.7. The first-order chi connectivity index (χ1) is 7.25. The van der Waals surface area contributed by atoms with Gasteiger partial charge in [0.1, 0.15) is 0 Å². The minimum Gasteiger partial charge on any atom is -0.393 e. The van der Waals surface area contributed by atoms with Crippen molar-refractivity contribution in [2.45, 2.75) is 32.4 Å². The van der Waals surface area contributed by atoms with Gasteiger partial charge in [0, 0.05) is 18.5 Å². The van der Waals surface area contributed by atoms with Crippen molar-refractivity contribution < 1.29 is 5.11 Å². The summed E-state index contributed by atoms with van der Waals surface area (Å²) < 4.78 is 3.86. The van der Waals surface area contributed by atoms with E-state index in [0.29, 0.717) is 5.92 Å². The number of aliphatic hydroxyl groups is 1. The highest BCUT2D eigenvalue weighted by Crippen LogP contribution is 2.20. The Morgan fingerprint density at radius 2 is 2.60 bits per heavy atom. The SMILES string of the molecule is C[C@@H](O)[C@@H]1CCCN(Cc2csnn2)C1. The van der Waals surface area contributed by atoms with Gasteiger partial charge in [-0.1, -0.05) is 4.49 Å². The maximum absolute atomic E-state index is 9.57. The minimum atomic E-state index is -0.193. The molecule has 0 radical (unpaired) electrons. The Morgan fingerprint density at radius 3 is 3.27 bits per heavy atom. The number of aliphatic hydroxyl groups excluding tert-OH is 1. The summed E-state index contributed by atoms with van der Waals surface area (Å²) in [6.07, 6.45) is 2.12. The number of nitrogens with zero attached hydrogens (tertiary/aromatic N) is 3. The second kappa shape index (κ2) is 5.01. The topological polar surface area (TPSA) is 49.2 Å². The molecule has 1 aliphatic heterocycles. The molecule has 2 rings (SSSR count). The number of likely N-dealkylation sites (tertiary alicyclic amines) is 1. The third-order valence-corrected chi connectivity index (χ3v) is 3.57. The second-order valence-corrected chi connectivity index (χ2v) is 4.88. The summed E-state index contributed by atoms with van der Waals surface area (Å²) in [6.45, 7) is 4.86. The van der Waals surface area contributed by atoms with Crippen LogP contribution in [-0.2, 0) is 6.54 Å². The Kier molecular flexibility index (Phi) is 3.66. The monoisotopic (exact) mass is 227 g/mol. The van der Waals surface area contributed by atoms with Crippen molar-refractivity contribution >= 4 is 11.5 Å². The predicted octanol–water partition coefficient (Wildman–Crippen LogP) is 1.13. The van der Waals surface area contributed by atoms with Crippen molar-refractivity contribution in [1.82, 2.24) is 14.5 Å². The standard InChI is InChI=1S/C10H17N3OS/c1-8(14)9-3-2-4-13(5-9)6-10-7-15-12-11-10/h7-9,14H,2-6H2,1H3/t8-,9-/m1/s1. The van der Waals surface area contributed by atoms with Crippen LogP contribution in [0.15, 0.2) is 5.38 Å². The predicted molar refractivity (Wildman–Crippen MR) is 59.6 cm³/mol. The van der Waals surface area contributed by atoms with Gasteiger partial charge in [-0.3, -0.25) is 4.90 Å². The van der Waals surface area contributed by atoms with Crippen LogP contribution < -0.4 is 0 Å². The van der Waals surface area contributed by atoms with Gasteiger partial charge in [0.2, 0.25) is 0 Å². The first-order valence-electron chi connectivity index (χ1n) is 5.42. The Morgan fingerprint density at radius 1 is 1.73 bits per heavy atom. The van der Waals surface area contributed by atoms with Gasteiger partial charge in [-0.15, -0.1) is 5.10 Å². The van der Waals surface area contributed by atoms with Crippen LogP contribution in [0.5, 0.6) is 0 Å². The third kappa shape index (κ3) is 2.96. The highest BCUT2D eigenvalue weighted by atomic mass is 32.1. The summed E-state index contributed by atoms with van der Waals surface area (Å²) >= 11 is 1.40. The molecule has 1 fully saturated rings. The van der Waals surface area contributed by atoms with Crippen molar-refractivity contribution in [1.29, 1.82) is 0 Å². The molecule has 5 heteroatoms. The van der Waals surface area contributed by atoms with Crippen LogP contribution in [0, 0.1) is 5.92 Å². The molecule has 0 saturated carbocycles. The molecule has 1 saturated heterocycles. The summed E-state index contributed by atoms with van der Waals surface area (Å²) in [7, 11) is 0. The van der Waals surface area contributed by atoms with Gasteiger partial charge in [0.15, 0.2) is 0 Å². The third-order valence-electron chi connectivity index (χ3n) is 3.01. The summed E-state index contributed by atoms with van der Waals surface area (Å²) in [5.74, 6) is 0.422. The first kappa shape index (κ1) is 11.0. The van der Waals surface area contributed by atoms with Crippen LogP contribution in [0.1, 0.15) is 25.5 Å². The van der Waals surface area contributed by atoms with Gasteiger partial charge < -0.3 is 5.11 Å². The van der Waals surface area contributed by atoms with Crippen molar-refractivity contribution in [2.75, 3.05) is 13.1 Å². The first-order valence-corrected chi connectivity index (χ1v) is 6.25. The number of aromatic nitrogens is 2. The van der Waals surface area contributed by atoms with E-state index in [1.807, 2.05) is 12.3 Å². The smallest absolute Gasteiger partial charge is 0.0895 e. The molecule has 0 unspecified atom stereocenters. The van der Waals surface area contributed by atoms with Crippen LogP contribution in [0.25, 0.3) is 0 Å². The lowest BCUT2D eigenvalue weighted by molar-refractivity contribution is 0.0594. The Labute approximate surface area is 94.1 Å². The zero-order valence-electron chi connectivity index (χ0n) is 8.96. The Hall–Kier alpha value is -0.520. The maximum atomic E-state index is 9.57. The lowest BCUT2D eigenvalue weighted by atomic mass is 9.93. The number of piperidine rings is 1. The molecule has 4 nitrogen and oxygen atoms in total. The molecule has 1 aliphatic rings. The average molecular weight is 227 g/mol. The molecular formula is C10H17N3OS. The fourth-order valence-electron chi connectivity index (χ4n) is 2.11. The van der Waals surface area contributed by atoms with E-state index in [4.69, 9.17) is 0 Å². The van der Waals surface area contributed by atoms with Gasteiger partial charge in [-0.2, -0.15) is 0 Å². The molecule has 0 aromatic carbocycles. The summed E-state index contributed by atoms with van der Waals surface area (Å²) in [6, 6.07) is 0. The lowest BCUT2D eigenvalue weighted by Crippen LogP contribution is -2.39. The van der Waals surface area contributed by atoms with E-state index in [1.54, 1.807) is 0 Å². The van der Waals surface area contributed by atoms with E-state index in [-0.39, 0.29) is 6.10 Å². The molecule has 2 atom stereocenters. The Balaban J connectivity index is 1.88. The summed E-state index contributed by atoms with van der Waals surface area (Å²) in [4.78, 5) is 2.36. The van der Waals surface area contributed by atoms with E-state index in [0.717, 1.165) is 31.7 Å². The molecule has 2 heterocycles. The number of rotatable bonds is 3. The van der Waals surface area contributed by atoms with Crippen LogP contribution in [0.3, 0.4) is 0 Å². The second-order valence-electron chi connectivity index (χ2n) is 4.27. The van der Waals surface area contributed by atoms with Gasteiger partial charge in [-0.25, -0.2) is 0 Å². The largest absolute Gasteiger partial charge is 0.393 e. The van der Waals surface area contributed by atoms with E-state index in [1.165, 1.54) is 18.0 Å². The van der Waals surface area contributed by atoms with Crippen molar-refractivity contribution in [3.63, 3.8) is 0 Å². The summed E-state index contributed by atoms with van der Waals surface area (Å²) in [5, 5.41) is 15.6. The highest BCUT2D eigenvalue weighted by molar-refractivity contribution is 7.03. The molecular weight excluding hydrogens is 210 g/mol. The van der Waals surface area contributed by atoms with Crippen LogP contribution in [-0.4, -0.2) is 38.8 Å². The molecule has 1 aromatic heterocycles. The quantitative estimate of drug-likeness (QED) is 0.841. The van der Waals surface area contributed by atoms with Gasteiger partial charge >= 0.3 is 0 Å². The number of hydrogen-bond donors (Lipinski definition) is 1. The van der Waals surface area contributed by atoms with Gasteiger partial charge in [0.05, 0.1) is 11.8 Å². The number of hydrogen-bond acceptors (Lipinski definition) is 5. The fraction of sp³-hybridized carbons (Fsp3) is 0.800. The molecule has 1 aromatic rings. The van der Waals surface area contributed by atoms with Gasteiger partial charge in [-0.05, 0) is 43.8 Å². The normalized spacial score (nSPS) is 25.3. The van der Waals surface area contributed by atoms with Crippen LogP contribution in [0.2, 0.25) is 0 Å². The lowest BCUT2D eigenvalue weighted by Gasteiger charge is -2.33. The van der Waals surface area contributed by atoms with E-state index >= 15 is 0 Å². The maximum Gasteiger partial charge on any atom is 0.0895 e. The van der Waals surface area contributed by atoms with E-state index in [9.17, 15) is 5.11 Å². The van der Waals surface area contributed by atoms with E-state index in [2.05, 4.69) is 14.5 Å². The molecule has 1 N–H and O–H groups in total. The molecule has 84 valence electrons. The zero-order valence-corrected chi connectivity index (χ0v) is 9.78. The minimum absolute atomic E-state index is 0.193. The van der Waals surface area contributed by atoms with Crippen LogP contribution >= 0.6 is 11.5 Å². The Bertz CT molecular complexity index is 289. The fourth-order valence-corrected chi connectivity index (χ4v) is 2.55.